The lowest BCUT2D eigenvalue weighted by Gasteiger charge is -2.23. The lowest BCUT2D eigenvalue weighted by atomic mass is 10.0. The first-order valence-corrected chi connectivity index (χ1v) is 9.86. The van der Waals surface area contributed by atoms with Crippen molar-refractivity contribution in [3.63, 3.8) is 0 Å². The molecule has 9 heteroatoms. The van der Waals surface area contributed by atoms with Crippen LogP contribution in [0.3, 0.4) is 0 Å². The molecule has 0 aromatic rings. The van der Waals surface area contributed by atoms with E-state index in [-0.39, 0.29) is 30.5 Å². The number of primary sulfonamides is 1. The summed E-state index contributed by atoms with van der Waals surface area (Å²) in [5, 5.41) is 8.12. The number of rotatable bonds is 8. The van der Waals surface area contributed by atoms with Gasteiger partial charge in [0.15, 0.2) is 0 Å². The highest BCUT2D eigenvalue weighted by Crippen LogP contribution is 2.10. The minimum Gasteiger partial charge on any atom is -0.314 e. The zero-order valence-electron chi connectivity index (χ0n) is 11.0. The topological polar surface area (TPSA) is 118 Å². The van der Waals surface area contributed by atoms with Gasteiger partial charge in [-0.05, 0) is 32.2 Å². The van der Waals surface area contributed by atoms with E-state index in [0.29, 0.717) is 6.42 Å². The molecular formula is C10H23N3O4S2. The molecule has 114 valence electrons. The predicted octanol–water partition coefficient (Wildman–Crippen LogP) is -0.883. The number of nitrogens with two attached hydrogens (primary N) is 1. The number of sulfonamides is 2. The molecule has 19 heavy (non-hydrogen) atoms. The third-order valence-electron chi connectivity index (χ3n) is 3.08. The Hall–Kier alpha value is -0.220. The second kappa shape index (κ2) is 7.53. The molecule has 4 N–H and O–H groups in total. The van der Waals surface area contributed by atoms with Crippen molar-refractivity contribution in [3.05, 3.63) is 0 Å². The van der Waals surface area contributed by atoms with Crippen LogP contribution in [0.15, 0.2) is 0 Å². The van der Waals surface area contributed by atoms with Crippen molar-refractivity contribution in [2.24, 2.45) is 5.14 Å². The molecular weight excluding hydrogens is 290 g/mol. The second-order valence-corrected chi connectivity index (χ2v) is 8.53. The molecule has 0 saturated carbocycles. The Kier molecular flexibility index (Phi) is 6.67. The summed E-state index contributed by atoms with van der Waals surface area (Å²) in [5.41, 5.74) is 0. The van der Waals surface area contributed by atoms with E-state index in [2.05, 4.69) is 10.0 Å². The molecule has 0 bridgehead atoms. The molecule has 0 radical (unpaired) electrons. The van der Waals surface area contributed by atoms with Crippen molar-refractivity contribution in [1.29, 1.82) is 0 Å². The SMILES string of the molecule is NS(=O)(=O)CCCNS(=O)(=O)CCC1CCCCN1. The maximum absolute atomic E-state index is 11.7. The lowest BCUT2D eigenvalue weighted by Crippen LogP contribution is -2.37. The van der Waals surface area contributed by atoms with E-state index < -0.39 is 20.0 Å². The lowest BCUT2D eigenvalue weighted by molar-refractivity contribution is 0.392. The summed E-state index contributed by atoms with van der Waals surface area (Å²) in [7, 11) is -6.84. The van der Waals surface area contributed by atoms with Crippen molar-refractivity contribution in [1.82, 2.24) is 10.0 Å². The van der Waals surface area contributed by atoms with Gasteiger partial charge in [0, 0.05) is 12.6 Å². The number of hydrogen-bond acceptors (Lipinski definition) is 5. The van der Waals surface area contributed by atoms with Gasteiger partial charge in [0.1, 0.15) is 0 Å². The van der Waals surface area contributed by atoms with Crippen molar-refractivity contribution in [2.45, 2.75) is 38.1 Å². The maximum Gasteiger partial charge on any atom is 0.211 e. The van der Waals surface area contributed by atoms with E-state index in [1.807, 2.05) is 0 Å². The summed E-state index contributed by atoms with van der Waals surface area (Å²) in [6.45, 7) is 1.06. The number of hydrogen-bond donors (Lipinski definition) is 3. The minimum atomic E-state index is -3.52. The van der Waals surface area contributed by atoms with Gasteiger partial charge in [0.05, 0.1) is 11.5 Å². The Morgan fingerprint density at radius 1 is 1.16 bits per heavy atom. The van der Waals surface area contributed by atoms with Crippen LogP contribution < -0.4 is 15.2 Å². The normalized spacial score (nSPS) is 21.4. The summed E-state index contributed by atoms with van der Waals surface area (Å²) in [5.74, 6) is -0.139. The molecule has 1 atom stereocenters. The van der Waals surface area contributed by atoms with E-state index in [1.165, 1.54) is 0 Å². The van der Waals surface area contributed by atoms with Gasteiger partial charge in [-0.15, -0.1) is 0 Å². The molecule has 0 amide bonds. The van der Waals surface area contributed by atoms with Crippen LogP contribution in [0.4, 0.5) is 0 Å². The summed E-state index contributed by atoms with van der Waals surface area (Å²) in [6, 6.07) is 0.273. The molecule has 0 aromatic carbocycles. The van der Waals surface area contributed by atoms with Gasteiger partial charge in [-0.2, -0.15) is 0 Å². The van der Waals surface area contributed by atoms with Crippen LogP contribution >= 0.6 is 0 Å². The average molecular weight is 313 g/mol. The molecule has 0 aromatic heterocycles. The molecule has 1 saturated heterocycles. The van der Waals surface area contributed by atoms with E-state index in [0.717, 1.165) is 25.8 Å². The summed E-state index contributed by atoms with van der Waals surface area (Å²) < 4.78 is 47.1. The van der Waals surface area contributed by atoms with Crippen molar-refractivity contribution in [2.75, 3.05) is 24.6 Å². The van der Waals surface area contributed by atoms with Gasteiger partial charge in [0.25, 0.3) is 0 Å². The highest BCUT2D eigenvalue weighted by molar-refractivity contribution is 7.89. The van der Waals surface area contributed by atoms with Crippen LogP contribution in [-0.4, -0.2) is 47.5 Å². The van der Waals surface area contributed by atoms with Crippen LogP contribution in [0.1, 0.15) is 32.1 Å². The molecule has 1 aliphatic heterocycles. The molecule has 1 unspecified atom stereocenters. The predicted molar refractivity (Wildman–Crippen MR) is 74.6 cm³/mol. The molecule has 1 aliphatic rings. The van der Waals surface area contributed by atoms with E-state index in [1.54, 1.807) is 0 Å². The molecule has 1 rings (SSSR count). The monoisotopic (exact) mass is 313 g/mol. The molecule has 1 fully saturated rings. The Labute approximate surface area is 115 Å². The zero-order chi connectivity index (χ0) is 14.4. The van der Waals surface area contributed by atoms with Gasteiger partial charge in [-0.3, -0.25) is 0 Å². The fourth-order valence-corrected chi connectivity index (χ4v) is 3.78. The minimum absolute atomic E-state index is 0.0695. The number of piperidine rings is 1. The molecule has 0 aliphatic carbocycles. The smallest absolute Gasteiger partial charge is 0.211 e. The Bertz CT molecular complexity index is 455. The third kappa shape index (κ3) is 8.53. The standard InChI is InChI=1S/C10H23N3O4S2/c11-18(14,15)8-3-7-13-19(16,17)9-5-10-4-1-2-6-12-10/h10,12-13H,1-9H2,(H2,11,14,15). The molecule has 7 nitrogen and oxygen atoms in total. The van der Waals surface area contributed by atoms with Gasteiger partial charge in [0.2, 0.25) is 20.0 Å². The van der Waals surface area contributed by atoms with Crippen LogP contribution in [0.2, 0.25) is 0 Å². The Morgan fingerprint density at radius 3 is 2.47 bits per heavy atom. The average Bonchev–Trinajstić information content (AvgIpc) is 2.33. The summed E-state index contributed by atoms with van der Waals surface area (Å²) >= 11 is 0. The van der Waals surface area contributed by atoms with Crippen molar-refractivity contribution >= 4 is 20.0 Å². The first-order valence-electron chi connectivity index (χ1n) is 6.50. The van der Waals surface area contributed by atoms with E-state index in [4.69, 9.17) is 5.14 Å². The zero-order valence-corrected chi connectivity index (χ0v) is 12.6. The van der Waals surface area contributed by atoms with Gasteiger partial charge in [-0.25, -0.2) is 26.7 Å². The highest BCUT2D eigenvalue weighted by atomic mass is 32.2. The first kappa shape index (κ1) is 16.8. The van der Waals surface area contributed by atoms with E-state index in [9.17, 15) is 16.8 Å². The van der Waals surface area contributed by atoms with Crippen LogP contribution in [0.5, 0.6) is 0 Å². The van der Waals surface area contributed by atoms with Crippen LogP contribution in [0, 0.1) is 0 Å². The van der Waals surface area contributed by atoms with Crippen molar-refractivity contribution < 1.29 is 16.8 Å². The Balaban J connectivity index is 2.20. The second-order valence-electron chi connectivity index (χ2n) is 4.87. The number of nitrogens with one attached hydrogen (secondary N) is 2. The summed E-state index contributed by atoms with van der Waals surface area (Å²) in [4.78, 5) is 0. The molecule has 1 heterocycles. The largest absolute Gasteiger partial charge is 0.314 e. The van der Waals surface area contributed by atoms with Gasteiger partial charge < -0.3 is 5.32 Å². The van der Waals surface area contributed by atoms with Crippen molar-refractivity contribution in [3.8, 4) is 0 Å². The van der Waals surface area contributed by atoms with Crippen LogP contribution in [0.25, 0.3) is 0 Å². The van der Waals surface area contributed by atoms with E-state index >= 15 is 0 Å². The van der Waals surface area contributed by atoms with Gasteiger partial charge >= 0.3 is 0 Å². The fourth-order valence-electron chi connectivity index (χ4n) is 2.04. The van der Waals surface area contributed by atoms with Crippen LogP contribution in [-0.2, 0) is 20.0 Å². The highest BCUT2D eigenvalue weighted by Gasteiger charge is 2.17. The maximum atomic E-state index is 11.7. The third-order valence-corrected chi connectivity index (χ3v) is 5.35. The fraction of sp³-hybridized carbons (Fsp3) is 1.00. The first-order chi connectivity index (χ1) is 8.79. The van der Waals surface area contributed by atoms with Gasteiger partial charge in [-0.1, -0.05) is 6.42 Å². The Morgan fingerprint density at radius 2 is 1.89 bits per heavy atom. The summed E-state index contributed by atoms with van der Waals surface area (Å²) in [6.07, 6.45) is 4.08. The quantitative estimate of drug-likeness (QED) is 0.503. The molecule has 0 spiro atoms.